The first-order valence-electron chi connectivity index (χ1n) is 34.8. The quantitative estimate of drug-likeness (QED) is 0.0586. The predicted octanol–water partition coefficient (Wildman–Crippen LogP) is 13.9. The summed E-state index contributed by atoms with van der Waals surface area (Å²) in [4.78, 5) is 0.226. The molecule has 0 radical (unpaired) electrons. The minimum Gasteiger partial charge on any atom is -0.486 e. The van der Waals surface area contributed by atoms with Gasteiger partial charge in [0.05, 0.1) is 62.5 Å². The van der Waals surface area contributed by atoms with E-state index in [-0.39, 0.29) is 93.9 Å². The van der Waals surface area contributed by atoms with Gasteiger partial charge in [-0.05, 0) is 127 Å². The van der Waals surface area contributed by atoms with Crippen molar-refractivity contribution in [2.24, 2.45) is 0 Å². The van der Waals surface area contributed by atoms with E-state index in [4.69, 9.17) is 107 Å². The van der Waals surface area contributed by atoms with Crippen LogP contribution in [0.5, 0.6) is 23.0 Å². The zero-order valence-electron chi connectivity index (χ0n) is 65.2. The second-order valence-corrected chi connectivity index (χ2v) is 55.9. The van der Waals surface area contributed by atoms with Crippen LogP contribution >= 0.6 is 96.1 Å². The summed E-state index contributed by atoms with van der Waals surface area (Å²) in [6.07, 6.45) is 6.81. The molecule has 8 heterocycles. The summed E-state index contributed by atoms with van der Waals surface area (Å²) >= 11 is 7.81. The number of nitrogens with one attached hydrogen (secondary N) is 1. The molecule has 0 atom stereocenters. The lowest BCUT2D eigenvalue weighted by Crippen LogP contribution is -2.23. The molecule has 0 fully saturated rings. The van der Waals surface area contributed by atoms with Crippen molar-refractivity contribution in [3.63, 3.8) is 0 Å². The predicted molar refractivity (Wildman–Crippen MR) is 501 cm³/mol. The molecule has 0 saturated heterocycles. The van der Waals surface area contributed by atoms with Gasteiger partial charge in [0.25, 0.3) is 18.1 Å². The van der Waals surface area contributed by atoms with E-state index in [2.05, 4.69) is 50.9 Å². The fraction of sp³-hybridized carbons (Fsp3) is 0.360. The highest BCUT2D eigenvalue weighted by atomic mass is 35.8. The van der Waals surface area contributed by atoms with E-state index < -0.39 is 108 Å². The maximum atomic E-state index is 13.0. The zero-order valence-corrected chi connectivity index (χ0v) is 81.4. The van der Waals surface area contributed by atoms with Crippen LogP contribution in [0.15, 0.2) is 189 Å². The monoisotopic (exact) mass is 2140 g/mol. The molecule has 51 heteroatoms. The number of hydrogen-bond donors (Lipinski definition) is 2. The average Bonchev–Trinajstić information content (AvgIpc) is 1.56. The Morgan fingerprint density at radius 2 is 0.500 bits per heavy atom. The fourth-order valence-electron chi connectivity index (χ4n) is 11.8. The summed E-state index contributed by atoms with van der Waals surface area (Å²) < 4.78 is 257. The molecule has 0 unspecified atom stereocenters. The van der Waals surface area contributed by atoms with Gasteiger partial charge in [-0.15, -0.1) is 23.2 Å². The number of fused-ring (bicyclic) bond motifs is 8. The summed E-state index contributed by atoms with van der Waals surface area (Å²) in [7, 11) is -0.775. The summed E-state index contributed by atoms with van der Waals surface area (Å²) in [5.41, 5.74) is 11.9. The third kappa shape index (κ3) is 39.6. The van der Waals surface area contributed by atoms with Gasteiger partial charge in [0, 0.05) is 127 Å². The lowest BCUT2D eigenvalue weighted by Gasteiger charge is -2.19. The van der Waals surface area contributed by atoms with Gasteiger partial charge in [-0.25, -0.2) is 106 Å². The highest BCUT2D eigenvalue weighted by molar-refractivity contribution is 8.14. The topological polar surface area (TPSA) is 427 Å². The molecule has 16 rings (SSSR count). The molecule has 8 aromatic carbocycles. The van der Waals surface area contributed by atoms with Gasteiger partial charge in [-0.1, -0.05) is 133 Å². The number of halogens is 9. The number of sulfonamides is 5. The lowest BCUT2D eigenvalue weighted by atomic mass is 10.1. The third-order valence-corrected chi connectivity index (χ3v) is 27.9. The van der Waals surface area contributed by atoms with Crippen LogP contribution in [-0.2, 0) is 175 Å². The molecule has 0 bridgehead atoms. The van der Waals surface area contributed by atoms with Crippen molar-refractivity contribution >= 4 is 204 Å². The van der Waals surface area contributed by atoms with Gasteiger partial charge < -0.3 is 24.3 Å². The van der Waals surface area contributed by atoms with Crippen LogP contribution in [0.3, 0.4) is 0 Å². The maximum Gasteiger partial charge on any atom is 0.643 e. The van der Waals surface area contributed by atoms with Crippen LogP contribution in [0.4, 0.5) is 0 Å². The van der Waals surface area contributed by atoms with Crippen molar-refractivity contribution in [1.29, 1.82) is 0 Å². The maximum absolute atomic E-state index is 13.0. The highest BCUT2D eigenvalue weighted by Gasteiger charge is 2.33. The molecule has 8 aliphatic rings. The van der Waals surface area contributed by atoms with Crippen molar-refractivity contribution < 1.29 is 108 Å². The Morgan fingerprint density at radius 1 is 0.310 bits per heavy atom. The number of ether oxygens (including phenoxy) is 4. The first-order chi connectivity index (χ1) is 56.3. The van der Waals surface area contributed by atoms with Crippen LogP contribution in [0.25, 0.3) is 0 Å². The lowest BCUT2D eigenvalue weighted by molar-refractivity contribution is 0.171. The van der Waals surface area contributed by atoms with E-state index in [1.807, 2.05) is 72.8 Å². The van der Waals surface area contributed by atoms with Crippen LogP contribution in [0.1, 0.15) is 96.5 Å². The summed E-state index contributed by atoms with van der Waals surface area (Å²) in [6, 6.07) is 49.9. The molecule has 0 aromatic heterocycles. The second-order valence-electron chi connectivity index (χ2n) is 26.6. The van der Waals surface area contributed by atoms with Crippen molar-refractivity contribution in [3.05, 3.63) is 237 Å². The molecule has 0 spiro atoms. The third-order valence-electron chi connectivity index (χ3n) is 17.5. The SMILES string of the molecule is C.C.C.C.CS(=O)(=O)Cl.CS(=O)(=O)N1Cc2ccc(S(=O)(=O)Cl)cc2C1.CS(=O)(=O)N1Cc2ccc(S(=O)(=O)Cl)cc2C1.CS(=O)(=O)N1Cc2ccc(S(=O)(=O)c3ccc4c(c3)OCCO4)cc2C1.CS(=O)(=O)N1Cc2ccccc2C1.CS(=O)(=O)N1Cc2ccccc2C1.ClCCl.O=S(=O)(O)Cl.[Cl][Al]([Cl])[Cl].c1ccc2c(c1)CNC2.c1ccc2c(c1)OCCO2. The Balaban J connectivity index is 0.000000489. The van der Waals surface area contributed by atoms with E-state index in [0.29, 0.717) is 80.8 Å². The number of para-hydroxylation sites is 2. The van der Waals surface area contributed by atoms with Crippen molar-refractivity contribution in [2.75, 3.05) is 69.3 Å². The Hall–Kier alpha value is -4.68. The summed E-state index contributed by atoms with van der Waals surface area (Å²) in [5.74, 6) is 2.64. The molecule has 8 aromatic rings. The number of benzene rings is 8. The average molecular weight is 2150 g/mol. The first-order valence-corrected chi connectivity index (χ1v) is 61.5. The van der Waals surface area contributed by atoms with E-state index >= 15 is 0 Å². The molecule has 126 heavy (non-hydrogen) atoms. The first kappa shape index (κ1) is 117. The van der Waals surface area contributed by atoms with Crippen LogP contribution in [-0.4, -0.2) is 191 Å². The normalized spacial score (nSPS) is 15.3. The largest absolute Gasteiger partial charge is 0.643 e. The highest BCUT2D eigenvalue weighted by Crippen LogP contribution is 2.37. The molecule has 2 N–H and O–H groups in total. The summed E-state index contributed by atoms with van der Waals surface area (Å²) in [5, 5.41) is 3.48. The van der Waals surface area contributed by atoms with Gasteiger partial charge in [0.1, 0.15) is 26.4 Å². The fourth-order valence-corrected chi connectivity index (χ4v) is 18.5. The summed E-state index contributed by atoms with van der Waals surface area (Å²) in [6.45, 7) is 7.69. The van der Waals surface area contributed by atoms with Gasteiger partial charge in [-0.2, -0.15) is 29.9 Å². The number of rotatable bonds is 9. The van der Waals surface area contributed by atoms with Gasteiger partial charge in [-0.3, -0.25) is 4.55 Å². The van der Waals surface area contributed by atoms with Gasteiger partial charge in [0.2, 0.25) is 69.0 Å². The van der Waals surface area contributed by atoms with Crippen LogP contribution in [0.2, 0.25) is 0 Å². The number of alkyl halides is 2. The Bertz CT molecular complexity index is 5900. The Kier molecular flexibility index (Phi) is 47.5. The molecular weight excluding hydrogens is 2050 g/mol. The van der Waals surface area contributed by atoms with E-state index in [1.165, 1.54) is 87.6 Å². The van der Waals surface area contributed by atoms with E-state index in [0.717, 1.165) is 88.6 Å². The Labute approximate surface area is 787 Å². The van der Waals surface area contributed by atoms with Crippen molar-refractivity contribution in [1.82, 2.24) is 26.8 Å². The number of sulfone groups is 1. The minimum absolute atomic E-state index is 0. The standard InChI is InChI=1S/C17H17NO6S2.2C9H10ClNO4S2.2C9H11NO2S.C8H9N.C8H8O2.CH2Cl2.CH3ClO2S.4CH4.Al.ClHO3S.3ClH/c1-25(19,20)18-10-12-2-3-14(8-13(12)11-18)26(21,22)15-4-5-16-17(9-15)24-7-6-23-16;2*1-16(12,13)11-5-7-2-3-9(17(10,14)15)4-8(7)6-11;2*1-13(11,12)10-6-8-4-2-3-5-9(8)7-10;1-2-4-8-6-9-5-7(8)3-1;1-2-4-8-7(3-1)9-5-6-10-8;2-1-3;1-5(2,3)4;;;;;;1-5(2,3)4;;;/h2-5,8-9H,6-7,10-11H2,1H3;2*2-4H,5-6H2,1H3;2*2-5H,6-7H2,1H3;1-4,9H,5-6H2;1-4H,5-6H2;1H2;1H3;4*1H4;;(H,2,3,4);3*1H/q;;;;;;;;;;;;;+3;;;;/p-3. The molecule has 0 saturated carbocycles. The van der Waals surface area contributed by atoms with E-state index in [1.54, 1.807) is 30.3 Å². The molecule has 8 aliphatic heterocycles. The van der Waals surface area contributed by atoms with Crippen LogP contribution in [0, 0.1) is 0 Å². The molecule has 0 aliphatic carbocycles. The second kappa shape index (κ2) is 51.0. The molecule has 31 nitrogen and oxygen atoms in total. The number of hydrogen-bond acceptors (Lipinski definition) is 25. The molecule has 704 valence electrons. The zero-order chi connectivity index (χ0) is 91.4. The smallest absolute Gasteiger partial charge is 0.486 e. The molecular formula is C75H98AlCl9N6O25S10. The minimum atomic E-state index is -4.19. The molecule has 0 amide bonds. The Morgan fingerprint density at radius 3 is 0.754 bits per heavy atom. The van der Waals surface area contributed by atoms with Crippen molar-refractivity contribution in [2.45, 2.75) is 128 Å². The van der Waals surface area contributed by atoms with E-state index in [9.17, 15) is 75.8 Å². The van der Waals surface area contributed by atoms with Gasteiger partial charge >= 0.3 is 20.7 Å². The van der Waals surface area contributed by atoms with Crippen molar-refractivity contribution in [3.8, 4) is 23.0 Å². The number of nitrogens with zero attached hydrogens (tertiary/aromatic N) is 5. The van der Waals surface area contributed by atoms with Crippen LogP contribution < -0.4 is 24.3 Å². The van der Waals surface area contributed by atoms with Gasteiger partial charge in [0.15, 0.2) is 23.0 Å².